The van der Waals surface area contributed by atoms with Gasteiger partial charge in [-0.05, 0) is 31.4 Å². The number of hydrogen-bond acceptors (Lipinski definition) is 3. The molecule has 0 aliphatic heterocycles. The Kier molecular flexibility index (Phi) is 4.37. The maximum Gasteiger partial charge on any atom is 0.306 e. The van der Waals surface area contributed by atoms with Gasteiger partial charge in [0.1, 0.15) is 5.15 Å². The Labute approximate surface area is 116 Å². The fourth-order valence-electron chi connectivity index (χ4n) is 2.36. The number of pyridine rings is 1. The Morgan fingerprint density at radius 1 is 1.42 bits per heavy atom. The van der Waals surface area contributed by atoms with E-state index in [2.05, 4.69) is 10.3 Å². The molecular formula is C13H15ClN2O3. The van der Waals surface area contributed by atoms with Gasteiger partial charge in [0.05, 0.1) is 11.5 Å². The summed E-state index contributed by atoms with van der Waals surface area (Å²) >= 11 is 5.85. The molecule has 1 aliphatic rings. The lowest BCUT2D eigenvalue weighted by atomic mass is 9.85. The van der Waals surface area contributed by atoms with Crippen molar-refractivity contribution in [2.45, 2.75) is 31.7 Å². The van der Waals surface area contributed by atoms with Gasteiger partial charge in [-0.2, -0.15) is 0 Å². The minimum Gasteiger partial charge on any atom is -0.481 e. The number of carbonyl (C=O) groups is 2. The van der Waals surface area contributed by atoms with Crippen molar-refractivity contribution in [3.8, 4) is 0 Å². The van der Waals surface area contributed by atoms with E-state index in [4.69, 9.17) is 16.7 Å². The molecule has 19 heavy (non-hydrogen) atoms. The molecule has 0 saturated heterocycles. The maximum absolute atomic E-state index is 12.0. The van der Waals surface area contributed by atoms with Gasteiger partial charge in [0.25, 0.3) is 5.91 Å². The number of halogens is 1. The lowest BCUT2D eigenvalue weighted by Crippen LogP contribution is -2.40. The molecule has 0 spiro atoms. The van der Waals surface area contributed by atoms with Crippen LogP contribution in [0.5, 0.6) is 0 Å². The second-order valence-corrected chi connectivity index (χ2v) is 5.07. The van der Waals surface area contributed by atoms with Gasteiger partial charge >= 0.3 is 5.97 Å². The van der Waals surface area contributed by atoms with Crippen LogP contribution in [-0.4, -0.2) is 28.0 Å². The summed E-state index contributed by atoms with van der Waals surface area (Å²) in [6.07, 6.45) is 4.27. The topological polar surface area (TPSA) is 79.3 Å². The lowest BCUT2D eigenvalue weighted by Gasteiger charge is -2.27. The van der Waals surface area contributed by atoms with Crippen molar-refractivity contribution < 1.29 is 14.7 Å². The van der Waals surface area contributed by atoms with Crippen LogP contribution in [0.2, 0.25) is 5.15 Å². The number of amides is 1. The van der Waals surface area contributed by atoms with Gasteiger partial charge in [0.2, 0.25) is 0 Å². The molecule has 2 N–H and O–H groups in total. The number of nitrogens with zero attached hydrogens (tertiary/aromatic N) is 1. The molecular weight excluding hydrogens is 268 g/mol. The maximum atomic E-state index is 12.0. The van der Waals surface area contributed by atoms with Gasteiger partial charge in [0, 0.05) is 12.2 Å². The van der Waals surface area contributed by atoms with Crippen molar-refractivity contribution in [2.75, 3.05) is 0 Å². The van der Waals surface area contributed by atoms with E-state index in [-0.39, 0.29) is 23.0 Å². The molecule has 1 aliphatic carbocycles. The smallest absolute Gasteiger partial charge is 0.306 e. The highest BCUT2D eigenvalue weighted by Crippen LogP contribution is 2.25. The van der Waals surface area contributed by atoms with E-state index >= 15 is 0 Å². The van der Waals surface area contributed by atoms with E-state index < -0.39 is 5.97 Å². The zero-order chi connectivity index (χ0) is 13.8. The summed E-state index contributed by atoms with van der Waals surface area (Å²) in [5.74, 6) is -1.46. The summed E-state index contributed by atoms with van der Waals surface area (Å²) in [5.41, 5.74) is 0.321. The first kappa shape index (κ1) is 13.8. The molecule has 1 aromatic rings. The average molecular weight is 283 g/mol. The van der Waals surface area contributed by atoms with E-state index in [0.717, 1.165) is 12.8 Å². The summed E-state index contributed by atoms with van der Waals surface area (Å²) in [6.45, 7) is 0. The van der Waals surface area contributed by atoms with Gasteiger partial charge in [-0.1, -0.05) is 18.0 Å². The largest absolute Gasteiger partial charge is 0.481 e. The third-order valence-electron chi connectivity index (χ3n) is 3.36. The minimum absolute atomic E-state index is 0.112. The van der Waals surface area contributed by atoms with Crippen LogP contribution in [0.15, 0.2) is 18.3 Å². The van der Waals surface area contributed by atoms with E-state index in [1.54, 1.807) is 12.1 Å². The van der Waals surface area contributed by atoms with Gasteiger partial charge in [-0.25, -0.2) is 4.98 Å². The SMILES string of the molecule is O=C(NC1CCCC(C(=O)O)C1)c1cccnc1Cl. The molecule has 0 bridgehead atoms. The number of nitrogens with one attached hydrogen (secondary N) is 1. The number of aromatic nitrogens is 1. The van der Waals surface area contributed by atoms with Crippen molar-refractivity contribution in [3.05, 3.63) is 29.0 Å². The molecule has 2 rings (SSSR count). The van der Waals surface area contributed by atoms with Gasteiger partial charge < -0.3 is 10.4 Å². The average Bonchev–Trinajstić information content (AvgIpc) is 2.39. The minimum atomic E-state index is -0.793. The van der Waals surface area contributed by atoms with Crippen LogP contribution in [-0.2, 0) is 4.79 Å². The Hall–Kier alpha value is -1.62. The fraction of sp³-hybridized carbons (Fsp3) is 0.462. The number of aliphatic carboxylic acids is 1. The van der Waals surface area contributed by atoms with Crippen LogP contribution in [0.1, 0.15) is 36.0 Å². The quantitative estimate of drug-likeness (QED) is 0.832. The fourth-order valence-corrected chi connectivity index (χ4v) is 2.57. The Morgan fingerprint density at radius 3 is 2.89 bits per heavy atom. The Bertz CT molecular complexity index is 493. The normalized spacial score (nSPS) is 22.8. The van der Waals surface area contributed by atoms with Crippen molar-refractivity contribution >= 4 is 23.5 Å². The number of carbonyl (C=O) groups excluding carboxylic acids is 1. The zero-order valence-corrected chi connectivity index (χ0v) is 11.1. The molecule has 1 amide bonds. The molecule has 1 aromatic heterocycles. The van der Waals surface area contributed by atoms with Crippen LogP contribution in [0, 0.1) is 5.92 Å². The van der Waals surface area contributed by atoms with Crippen molar-refractivity contribution in [1.82, 2.24) is 10.3 Å². The lowest BCUT2D eigenvalue weighted by molar-refractivity contribution is -0.143. The Morgan fingerprint density at radius 2 is 2.21 bits per heavy atom. The highest BCUT2D eigenvalue weighted by atomic mass is 35.5. The molecule has 1 saturated carbocycles. The monoisotopic (exact) mass is 282 g/mol. The second kappa shape index (κ2) is 6.02. The highest BCUT2D eigenvalue weighted by Gasteiger charge is 2.28. The third-order valence-corrected chi connectivity index (χ3v) is 3.66. The molecule has 2 atom stereocenters. The molecule has 5 nitrogen and oxygen atoms in total. The molecule has 2 unspecified atom stereocenters. The Balaban J connectivity index is 1.99. The first-order valence-electron chi connectivity index (χ1n) is 6.22. The number of carboxylic acids is 1. The van der Waals surface area contributed by atoms with Gasteiger partial charge in [-0.15, -0.1) is 0 Å². The summed E-state index contributed by atoms with van der Waals surface area (Å²) in [6, 6.07) is 3.13. The summed E-state index contributed by atoms with van der Waals surface area (Å²) in [4.78, 5) is 26.8. The molecule has 1 heterocycles. The summed E-state index contributed by atoms with van der Waals surface area (Å²) in [7, 11) is 0. The highest BCUT2D eigenvalue weighted by molar-refractivity contribution is 6.32. The van der Waals surface area contributed by atoms with E-state index in [1.165, 1.54) is 6.20 Å². The molecule has 1 fully saturated rings. The standard InChI is InChI=1S/C13H15ClN2O3/c14-11-10(5-2-6-15-11)12(17)16-9-4-1-3-8(7-9)13(18)19/h2,5-6,8-9H,1,3-4,7H2,(H,16,17)(H,18,19). The summed E-state index contributed by atoms with van der Waals surface area (Å²) in [5, 5.41) is 12.0. The second-order valence-electron chi connectivity index (χ2n) is 4.71. The number of hydrogen-bond donors (Lipinski definition) is 2. The summed E-state index contributed by atoms with van der Waals surface area (Å²) < 4.78 is 0. The van der Waals surface area contributed by atoms with Crippen LogP contribution in [0.4, 0.5) is 0 Å². The first-order valence-corrected chi connectivity index (χ1v) is 6.60. The van der Waals surface area contributed by atoms with Crippen LogP contribution in [0.3, 0.4) is 0 Å². The van der Waals surface area contributed by atoms with Crippen molar-refractivity contribution in [2.24, 2.45) is 5.92 Å². The predicted octanol–water partition coefficient (Wildman–Crippen LogP) is 2.11. The third kappa shape index (κ3) is 3.44. The van der Waals surface area contributed by atoms with Gasteiger partial charge in [0.15, 0.2) is 0 Å². The number of rotatable bonds is 3. The molecule has 0 radical (unpaired) electrons. The van der Waals surface area contributed by atoms with Gasteiger partial charge in [-0.3, -0.25) is 9.59 Å². The molecule has 102 valence electrons. The number of carboxylic acid groups (broad SMARTS) is 1. The van der Waals surface area contributed by atoms with Crippen LogP contribution in [0.25, 0.3) is 0 Å². The van der Waals surface area contributed by atoms with Crippen molar-refractivity contribution in [1.29, 1.82) is 0 Å². The molecule has 0 aromatic carbocycles. The van der Waals surface area contributed by atoms with E-state index in [9.17, 15) is 9.59 Å². The van der Waals surface area contributed by atoms with E-state index in [0.29, 0.717) is 18.4 Å². The van der Waals surface area contributed by atoms with Crippen LogP contribution < -0.4 is 5.32 Å². The molecule has 6 heteroatoms. The van der Waals surface area contributed by atoms with E-state index in [1.807, 2.05) is 0 Å². The van der Waals surface area contributed by atoms with Crippen LogP contribution >= 0.6 is 11.6 Å². The zero-order valence-electron chi connectivity index (χ0n) is 10.3. The predicted molar refractivity (Wildman–Crippen MR) is 70.1 cm³/mol. The van der Waals surface area contributed by atoms with Crippen molar-refractivity contribution in [3.63, 3.8) is 0 Å². The first-order chi connectivity index (χ1) is 9.08.